The van der Waals surface area contributed by atoms with Crippen molar-refractivity contribution in [2.75, 3.05) is 25.6 Å². The minimum atomic E-state index is -0.249. The standard InChI is InChI=1S/C14H18FN3O/c1-19-7-6-14(4-5-14)9-16-13-17-11-3-2-10(15)8-12(11)18-13/h2-3,8H,4-7,9H2,1H3,(H2,16,17,18). The molecule has 0 amide bonds. The second-order valence-electron chi connectivity index (χ2n) is 5.34. The zero-order valence-corrected chi connectivity index (χ0v) is 11.0. The molecule has 5 heteroatoms. The Morgan fingerprint density at radius 2 is 2.32 bits per heavy atom. The summed E-state index contributed by atoms with van der Waals surface area (Å²) in [5.74, 6) is 0.464. The molecule has 0 saturated heterocycles. The molecule has 2 N–H and O–H groups in total. The van der Waals surface area contributed by atoms with E-state index in [0.717, 1.165) is 30.6 Å². The molecule has 0 bridgehead atoms. The van der Waals surface area contributed by atoms with Gasteiger partial charge < -0.3 is 15.0 Å². The van der Waals surface area contributed by atoms with Gasteiger partial charge in [-0.2, -0.15) is 0 Å². The number of benzene rings is 1. The van der Waals surface area contributed by atoms with Gasteiger partial charge in [0.1, 0.15) is 5.82 Å². The second kappa shape index (κ2) is 4.81. The van der Waals surface area contributed by atoms with Gasteiger partial charge in [0.25, 0.3) is 0 Å². The Bertz CT molecular complexity index is 577. The third-order valence-electron chi connectivity index (χ3n) is 3.87. The van der Waals surface area contributed by atoms with E-state index in [1.165, 1.54) is 25.0 Å². The predicted molar refractivity (Wildman–Crippen MR) is 72.7 cm³/mol. The molecule has 0 unspecified atom stereocenters. The number of rotatable bonds is 6. The van der Waals surface area contributed by atoms with Crippen LogP contribution in [0.4, 0.5) is 10.3 Å². The molecule has 1 aliphatic rings. The van der Waals surface area contributed by atoms with Crippen molar-refractivity contribution >= 4 is 17.0 Å². The van der Waals surface area contributed by atoms with Crippen LogP contribution >= 0.6 is 0 Å². The first-order valence-electron chi connectivity index (χ1n) is 6.59. The summed E-state index contributed by atoms with van der Waals surface area (Å²) < 4.78 is 18.2. The monoisotopic (exact) mass is 263 g/mol. The van der Waals surface area contributed by atoms with Gasteiger partial charge in [0, 0.05) is 20.3 Å². The topological polar surface area (TPSA) is 49.9 Å². The number of hydrogen-bond acceptors (Lipinski definition) is 3. The molecule has 1 saturated carbocycles. The van der Waals surface area contributed by atoms with E-state index in [2.05, 4.69) is 15.3 Å². The molecular formula is C14H18FN3O. The summed E-state index contributed by atoms with van der Waals surface area (Å²) in [5, 5.41) is 3.32. The highest BCUT2D eigenvalue weighted by atomic mass is 19.1. The summed E-state index contributed by atoms with van der Waals surface area (Å²) in [6.07, 6.45) is 3.54. The molecule has 1 fully saturated rings. The normalized spacial score (nSPS) is 16.7. The summed E-state index contributed by atoms with van der Waals surface area (Å²) >= 11 is 0. The molecule has 1 aromatic heterocycles. The van der Waals surface area contributed by atoms with Crippen molar-refractivity contribution < 1.29 is 9.13 Å². The van der Waals surface area contributed by atoms with E-state index in [9.17, 15) is 4.39 Å². The Morgan fingerprint density at radius 3 is 3.05 bits per heavy atom. The molecule has 0 aliphatic heterocycles. The number of methoxy groups -OCH3 is 1. The van der Waals surface area contributed by atoms with Crippen LogP contribution in [-0.4, -0.2) is 30.2 Å². The van der Waals surface area contributed by atoms with E-state index in [4.69, 9.17) is 4.74 Å². The highest BCUT2D eigenvalue weighted by Gasteiger charge is 2.41. The van der Waals surface area contributed by atoms with Gasteiger partial charge >= 0.3 is 0 Å². The summed E-state index contributed by atoms with van der Waals surface area (Å²) in [6, 6.07) is 4.57. The molecule has 1 aliphatic carbocycles. The van der Waals surface area contributed by atoms with E-state index in [1.54, 1.807) is 13.2 Å². The first-order valence-corrected chi connectivity index (χ1v) is 6.59. The fourth-order valence-electron chi connectivity index (χ4n) is 2.35. The lowest BCUT2D eigenvalue weighted by molar-refractivity contribution is 0.175. The molecule has 102 valence electrons. The van der Waals surface area contributed by atoms with Crippen molar-refractivity contribution in [2.24, 2.45) is 5.41 Å². The lowest BCUT2D eigenvalue weighted by atomic mass is 10.0. The van der Waals surface area contributed by atoms with Crippen molar-refractivity contribution in [1.82, 2.24) is 9.97 Å². The Kier molecular flexibility index (Phi) is 3.14. The SMILES string of the molecule is COCCC1(CNc2nc3ccc(F)cc3[nH]2)CC1. The lowest BCUT2D eigenvalue weighted by Crippen LogP contribution is -2.17. The predicted octanol–water partition coefficient (Wildman–Crippen LogP) is 2.93. The third-order valence-corrected chi connectivity index (χ3v) is 3.87. The van der Waals surface area contributed by atoms with Crippen molar-refractivity contribution in [2.45, 2.75) is 19.3 Å². The molecule has 2 aromatic rings. The number of halogens is 1. The van der Waals surface area contributed by atoms with E-state index in [-0.39, 0.29) is 5.82 Å². The first-order chi connectivity index (χ1) is 9.21. The highest BCUT2D eigenvalue weighted by Crippen LogP contribution is 2.48. The van der Waals surface area contributed by atoms with Gasteiger partial charge in [0.15, 0.2) is 0 Å². The number of hydrogen-bond donors (Lipinski definition) is 2. The van der Waals surface area contributed by atoms with Crippen LogP contribution in [0.1, 0.15) is 19.3 Å². The van der Waals surface area contributed by atoms with E-state index in [1.807, 2.05) is 0 Å². The molecule has 0 atom stereocenters. The quantitative estimate of drug-likeness (QED) is 0.842. The van der Waals surface area contributed by atoms with Gasteiger partial charge in [-0.1, -0.05) is 0 Å². The zero-order valence-electron chi connectivity index (χ0n) is 11.0. The number of anilines is 1. The Balaban J connectivity index is 1.65. The van der Waals surface area contributed by atoms with Crippen molar-refractivity contribution in [3.63, 3.8) is 0 Å². The largest absolute Gasteiger partial charge is 0.385 e. The number of H-pyrrole nitrogens is 1. The lowest BCUT2D eigenvalue weighted by Gasteiger charge is -2.14. The van der Waals surface area contributed by atoms with Gasteiger partial charge in [-0.25, -0.2) is 9.37 Å². The number of aromatic nitrogens is 2. The number of aromatic amines is 1. The van der Waals surface area contributed by atoms with Gasteiger partial charge in [-0.05, 0) is 42.9 Å². The molecule has 19 heavy (non-hydrogen) atoms. The maximum atomic E-state index is 13.1. The summed E-state index contributed by atoms with van der Waals surface area (Å²) in [6.45, 7) is 1.69. The van der Waals surface area contributed by atoms with Crippen LogP contribution < -0.4 is 5.32 Å². The number of fused-ring (bicyclic) bond motifs is 1. The van der Waals surface area contributed by atoms with Crippen LogP contribution in [0.25, 0.3) is 11.0 Å². The van der Waals surface area contributed by atoms with Crippen LogP contribution in [0, 0.1) is 11.2 Å². The van der Waals surface area contributed by atoms with Crippen LogP contribution in [0.3, 0.4) is 0 Å². The van der Waals surface area contributed by atoms with Crippen molar-refractivity contribution in [1.29, 1.82) is 0 Å². The van der Waals surface area contributed by atoms with Crippen LogP contribution in [0.2, 0.25) is 0 Å². The molecule has 0 radical (unpaired) electrons. The summed E-state index contributed by atoms with van der Waals surface area (Å²) in [5.41, 5.74) is 1.87. The summed E-state index contributed by atoms with van der Waals surface area (Å²) in [7, 11) is 1.73. The summed E-state index contributed by atoms with van der Waals surface area (Å²) in [4.78, 5) is 7.50. The molecule has 4 nitrogen and oxygen atoms in total. The first kappa shape index (κ1) is 12.4. The Hall–Kier alpha value is -1.62. The molecule has 3 rings (SSSR count). The molecule has 1 heterocycles. The highest BCUT2D eigenvalue weighted by molar-refractivity contribution is 5.77. The smallest absolute Gasteiger partial charge is 0.201 e. The Morgan fingerprint density at radius 1 is 1.47 bits per heavy atom. The van der Waals surface area contributed by atoms with Gasteiger partial charge in [0.05, 0.1) is 11.0 Å². The number of imidazole rings is 1. The van der Waals surface area contributed by atoms with Gasteiger partial charge in [-0.3, -0.25) is 0 Å². The average molecular weight is 263 g/mol. The molecular weight excluding hydrogens is 245 g/mol. The zero-order chi connectivity index (χ0) is 13.3. The molecule has 0 spiro atoms. The van der Waals surface area contributed by atoms with E-state index in [0.29, 0.717) is 11.4 Å². The second-order valence-corrected chi connectivity index (χ2v) is 5.34. The number of nitrogens with zero attached hydrogens (tertiary/aromatic N) is 1. The number of ether oxygens (including phenoxy) is 1. The van der Waals surface area contributed by atoms with Crippen LogP contribution in [-0.2, 0) is 4.74 Å². The maximum Gasteiger partial charge on any atom is 0.201 e. The minimum absolute atomic E-state index is 0.249. The van der Waals surface area contributed by atoms with Crippen LogP contribution in [0.5, 0.6) is 0 Å². The van der Waals surface area contributed by atoms with Crippen molar-refractivity contribution in [3.05, 3.63) is 24.0 Å². The van der Waals surface area contributed by atoms with E-state index < -0.39 is 0 Å². The fraction of sp³-hybridized carbons (Fsp3) is 0.500. The minimum Gasteiger partial charge on any atom is -0.385 e. The number of nitrogens with one attached hydrogen (secondary N) is 2. The maximum absolute atomic E-state index is 13.1. The fourth-order valence-corrected chi connectivity index (χ4v) is 2.35. The average Bonchev–Trinajstić information content (AvgIpc) is 3.06. The van der Waals surface area contributed by atoms with E-state index >= 15 is 0 Å². The third kappa shape index (κ3) is 2.71. The van der Waals surface area contributed by atoms with Crippen molar-refractivity contribution in [3.8, 4) is 0 Å². The van der Waals surface area contributed by atoms with Gasteiger partial charge in [-0.15, -0.1) is 0 Å². The Labute approximate surface area is 111 Å². The van der Waals surface area contributed by atoms with Gasteiger partial charge in [0.2, 0.25) is 5.95 Å². The molecule has 1 aromatic carbocycles. The van der Waals surface area contributed by atoms with Crippen LogP contribution in [0.15, 0.2) is 18.2 Å².